The Kier molecular flexibility index (Phi) is 7.99. The highest BCUT2D eigenvalue weighted by Crippen LogP contribution is 2.45. The minimum absolute atomic E-state index is 0.00343. The van der Waals surface area contributed by atoms with Gasteiger partial charge in [-0.05, 0) is 89.3 Å². The summed E-state index contributed by atoms with van der Waals surface area (Å²) in [6, 6.07) is 39.9. The Balaban J connectivity index is 0.905. The van der Waals surface area contributed by atoms with Gasteiger partial charge in [-0.3, -0.25) is 18.8 Å². The van der Waals surface area contributed by atoms with Crippen LogP contribution < -0.4 is 10.9 Å². The van der Waals surface area contributed by atoms with Crippen LogP contribution in [0.25, 0.3) is 60.1 Å². The second-order valence-corrected chi connectivity index (χ2v) is 15.0. The van der Waals surface area contributed by atoms with E-state index in [1.165, 1.54) is 0 Å². The SMILES string of the molecule is O=C1c2cc(N=Nc3c(O)c(C(=O)Nc4cccc(Cl)c4)cc4ccccc34)ccc2-c2ccc(N=Nc3c(O)cc4c5c3cccc5c(=O)n3c5ccccc5nc43)cc21. The summed E-state index contributed by atoms with van der Waals surface area (Å²) in [5.74, 6) is -1.31. The largest absolute Gasteiger partial charge is 0.506 e. The lowest BCUT2D eigenvalue weighted by Crippen LogP contribution is -2.13. The Morgan fingerprint density at radius 2 is 1.30 bits per heavy atom. The highest BCUT2D eigenvalue weighted by Gasteiger charge is 2.28. The van der Waals surface area contributed by atoms with Gasteiger partial charge >= 0.3 is 0 Å². The first-order valence-corrected chi connectivity index (χ1v) is 19.4. The van der Waals surface area contributed by atoms with Crippen molar-refractivity contribution in [1.82, 2.24) is 9.38 Å². The van der Waals surface area contributed by atoms with Gasteiger partial charge in [0.1, 0.15) is 22.8 Å². The van der Waals surface area contributed by atoms with Crippen molar-refractivity contribution in [2.45, 2.75) is 0 Å². The van der Waals surface area contributed by atoms with Crippen molar-refractivity contribution in [3.05, 3.63) is 172 Å². The van der Waals surface area contributed by atoms with Gasteiger partial charge in [-0.25, -0.2) is 4.98 Å². The Bertz CT molecular complexity index is 3690. The third-order valence-electron chi connectivity index (χ3n) is 11.0. The number of aromatic hydroxyl groups is 2. The molecule has 2 aromatic heterocycles. The van der Waals surface area contributed by atoms with E-state index < -0.39 is 5.91 Å². The van der Waals surface area contributed by atoms with Gasteiger partial charge in [0.2, 0.25) is 0 Å². The van der Waals surface area contributed by atoms with Crippen LogP contribution in [0.5, 0.6) is 11.5 Å². The number of amides is 1. The number of anilines is 1. The number of carbonyl (C=O) groups excluding carboxylic acids is 2. The van der Waals surface area contributed by atoms with Gasteiger partial charge in [0.15, 0.2) is 11.5 Å². The molecule has 290 valence electrons. The Hall–Kier alpha value is -8.35. The van der Waals surface area contributed by atoms with E-state index in [2.05, 4.69) is 25.8 Å². The van der Waals surface area contributed by atoms with Crippen LogP contribution in [0.15, 0.2) is 165 Å². The van der Waals surface area contributed by atoms with E-state index in [9.17, 15) is 24.6 Å². The number of pyridine rings is 1. The first-order chi connectivity index (χ1) is 29.7. The monoisotopic (exact) mass is 815 g/mol. The summed E-state index contributed by atoms with van der Waals surface area (Å²) in [5.41, 5.74) is 5.22. The number of aromatic nitrogens is 2. The van der Waals surface area contributed by atoms with E-state index in [4.69, 9.17) is 16.6 Å². The molecule has 0 fully saturated rings. The van der Waals surface area contributed by atoms with Crippen LogP contribution in [0.3, 0.4) is 0 Å². The van der Waals surface area contributed by atoms with Crippen LogP contribution in [0, 0.1) is 0 Å². The first-order valence-electron chi connectivity index (χ1n) is 19.0. The predicted molar refractivity (Wildman–Crippen MR) is 236 cm³/mol. The van der Waals surface area contributed by atoms with E-state index >= 15 is 0 Å². The number of ketones is 1. The molecule has 0 bridgehead atoms. The summed E-state index contributed by atoms with van der Waals surface area (Å²) in [4.78, 5) is 45.7. The molecule has 0 spiro atoms. The molecule has 8 aromatic carbocycles. The van der Waals surface area contributed by atoms with Gasteiger partial charge in [-0.1, -0.05) is 78.3 Å². The fourth-order valence-corrected chi connectivity index (χ4v) is 8.39. The van der Waals surface area contributed by atoms with Crippen molar-refractivity contribution in [2.75, 3.05) is 5.32 Å². The normalized spacial score (nSPS) is 12.5. The van der Waals surface area contributed by atoms with Crippen molar-refractivity contribution in [3.63, 3.8) is 0 Å². The zero-order chi connectivity index (χ0) is 41.5. The molecule has 3 N–H and O–H groups in total. The zero-order valence-electron chi connectivity index (χ0n) is 31.5. The molecule has 1 aliphatic carbocycles. The van der Waals surface area contributed by atoms with E-state index in [-0.39, 0.29) is 39.8 Å². The number of carbonyl (C=O) groups is 2. The number of para-hydroxylation sites is 2. The number of rotatable bonds is 6. The number of benzene rings is 8. The fraction of sp³-hybridized carbons (Fsp3) is 0. The highest BCUT2D eigenvalue weighted by molar-refractivity contribution is 6.31. The number of azo groups is 2. The standard InChI is InChI=1S/C48H26ClN7O5/c49-25-8-5-9-26(20-25)50-47(60)37-19-24-7-1-2-10-29(24)43(45(37)59)55-53-28-16-18-31-30-17-15-27(21-34(30)44(58)35(31)22-28)52-54-42-32-11-6-12-33-41(32)36(23-40(42)57)46-51-38-13-3-4-14-39(38)56(46)48(33)61/h1-23,57,59H,(H,50,60). The maximum Gasteiger partial charge on any atom is 0.264 e. The lowest BCUT2D eigenvalue weighted by atomic mass is 10.0. The van der Waals surface area contributed by atoms with Gasteiger partial charge in [-0.2, -0.15) is 10.2 Å². The van der Waals surface area contributed by atoms with Gasteiger partial charge < -0.3 is 15.5 Å². The minimum atomic E-state index is -0.557. The first kappa shape index (κ1) is 35.8. The second-order valence-electron chi connectivity index (χ2n) is 14.6. The van der Waals surface area contributed by atoms with Gasteiger partial charge in [0.25, 0.3) is 11.5 Å². The molecule has 12 nitrogen and oxygen atoms in total. The van der Waals surface area contributed by atoms with Crippen LogP contribution in [0.1, 0.15) is 26.3 Å². The van der Waals surface area contributed by atoms with Crippen LogP contribution in [-0.2, 0) is 0 Å². The zero-order valence-corrected chi connectivity index (χ0v) is 32.2. The van der Waals surface area contributed by atoms with E-state index in [1.54, 1.807) is 114 Å². The molecule has 10 aromatic rings. The van der Waals surface area contributed by atoms with Crippen LogP contribution in [0.4, 0.5) is 28.4 Å². The van der Waals surface area contributed by atoms with Crippen molar-refractivity contribution in [1.29, 1.82) is 0 Å². The van der Waals surface area contributed by atoms with Crippen molar-refractivity contribution in [2.24, 2.45) is 20.5 Å². The predicted octanol–water partition coefficient (Wildman–Crippen LogP) is 12.1. The summed E-state index contributed by atoms with van der Waals surface area (Å²) in [5, 5.41) is 47.0. The third kappa shape index (κ3) is 5.69. The lowest BCUT2D eigenvalue weighted by Gasteiger charge is -2.11. The molecule has 0 aliphatic heterocycles. The van der Waals surface area contributed by atoms with E-state index in [0.717, 1.165) is 0 Å². The molecule has 0 saturated heterocycles. The molecular formula is C48H26ClN7O5. The molecule has 0 radical (unpaired) electrons. The number of halogens is 1. The average molecular weight is 816 g/mol. The van der Waals surface area contributed by atoms with E-state index in [0.29, 0.717) is 93.3 Å². The van der Waals surface area contributed by atoms with Gasteiger partial charge in [0.05, 0.1) is 28.0 Å². The smallest absolute Gasteiger partial charge is 0.264 e. The Labute approximate surface area is 348 Å². The van der Waals surface area contributed by atoms with E-state index in [1.807, 2.05) is 30.3 Å². The van der Waals surface area contributed by atoms with Crippen LogP contribution >= 0.6 is 11.6 Å². The summed E-state index contributed by atoms with van der Waals surface area (Å²) < 4.78 is 1.57. The average Bonchev–Trinajstić information content (AvgIpc) is 3.79. The molecule has 0 unspecified atom stereocenters. The molecule has 1 amide bonds. The number of phenols is 2. The maximum absolute atomic E-state index is 13.9. The number of imidazole rings is 1. The molecule has 0 atom stereocenters. The van der Waals surface area contributed by atoms with Gasteiger partial charge in [-0.15, -0.1) is 10.2 Å². The fourth-order valence-electron chi connectivity index (χ4n) is 8.20. The molecule has 1 aliphatic rings. The number of phenolic OH excluding ortho intramolecular Hbond substituents is 2. The summed E-state index contributed by atoms with van der Waals surface area (Å²) in [7, 11) is 0. The minimum Gasteiger partial charge on any atom is -0.506 e. The maximum atomic E-state index is 13.9. The third-order valence-corrected chi connectivity index (χ3v) is 11.2. The molecule has 11 rings (SSSR count). The number of fused-ring (bicyclic) bond motifs is 8. The summed E-state index contributed by atoms with van der Waals surface area (Å²) in [6.07, 6.45) is 0. The number of nitrogens with zero attached hydrogens (tertiary/aromatic N) is 6. The highest BCUT2D eigenvalue weighted by atomic mass is 35.5. The number of hydrogen-bond acceptors (Lipinski definition) is 10. The second kappa shape index (κ2) is 13.6. The van der Waals surface area contributed by atoms with Crippen molar-refractivity contribution < 1.29 is 19.8 Å². The van der Waals surface area contributed by atoms with Gasteiger partial charge in [0, 0.05) is 48.8 Å². The Morgan fingerprint density at radius 3 is 2.07 bits per heavy atom. The number of nitrogens with one attached hydrogen (secondary N) is 1. The van der Waals surface area contributed by atoms with Crippen LogP contribution in [0.2, 0.25) is 5.02 Å². The van der Waals surface area contributed by atoms with Crippen LogP contribution in [-0.4, -0.2) is 31.3 Å². The number of hydrogen-bond donors (Lipinski definition) is 3. The molecule has 0 saturated carbocycles. The quantitative estimate of drug-likeness (QED) is 0.141. The lowest BCUT2D eigenvalue weighted by molar-refractivity contribution is 0.102. The molecule has 2 heterocycles. The van der Waals surface area contributed by atoms with Crippen molar-refractivity contribution in [3.8, 4) is 22.6 Å². The molecular weight excluding hydrogens is 790 g/mol. The molecule has 13 heteroatoms. The summed E-state index contributed by atoms with van der Waals surface area (Å²) >= 11 is 6.10. The summed E-state index contributed by atoms with van der Waals surface area (Å²) in [6.45, 7) is 0. The van der Waals surface area contributed by atoms with Crippen molar-refractivity contribution >= 4 is 101 Å². The molecule has 61 heavy (non-hydrogen) atoms. The Morgan fingerprint density at radius 1 is 0.623 bits per heavy atom. The topological polar surface area (TPSA) is 170 Å².